The zero-order valence-corrected chi connectivity index (χ0v) is 14.5. The van der Waals surface area contributed by atoms with Crippen molar-refractivity contribution in [3.8, 4) is 0 Å². The monoisotopic (exact) mass is 355 g/mol. The van der Waals surface area contributed by atoms with Crippen LogP contribution in [0.5, 0.6) is 0 Å². The number of aryl methyl sites for hydroxylation is 1. The smallest absolute Gasteiger partial charge is 0.346 e. The van der Waals surface area contributed by atoms with Crippen LogP contribution in [0, 0.1) is 0 Å². The van der Waals surface area contributed by atoms with Crippen molar-refractivity contribution >= 4 is 33.3 Å². The van der Waals surface area contributed by atoms with Crippen LogP contribution < -0.4 is 5.32 Å². The van der Waals surface area contributed by atoms with Crippen LogP contribution in [0.3, 0.4) is 0 Å². The molecule has 1 aromatic carbocycles. The number of rotatable bonds is 5. The summed E-state index contributed by atoms with van der Waals surface area (Å²) < 4.78 is 2.66. The Morgan fingerprint density at radius 1 is 1.36 bits per heavy atom. The van der Waals surface area contributed by atoms with E-state index in [0.29, 0.717) is 17.2 Å². The molecule has 1 fully saturated rings. The second kappa shape index (κ2) is 6.00. The van der Waals surface area contributed by atoms with Gasteiger partial charge >= 0.3 is 5.97 Å². The SMILES string of the molecule is Cn1nc(C(=O)NCc2c(C(=O)O)sc3ccccc23)cc1C1CC1. The van der Waals surface area contributed by atoms with Crippen LogP contribution in [0.15, 0.2) is 30.3 Å². The molecular weight excluding hydrogens is 338 g/mol. The number of carboxylic acid groups (broad SMARTS) is 1. The molecule has 0 bridgehead atoms. The second-order valence-electron chi connectivity index (χ2n) is 6.25. The Balaban J connectivity index is 1.57. The Bertz CT molecular complexity index is 985. The van der Waals surface area contributed by atoms with E-state index in [0.717, 1.165) is 28.6 Å². The molecule has 1 saturated carbocycles. The van der Waals surface area contributed by atoms with Gasteiger partial charge in [0.15, 0.2) is 0 Å². The van der Waals surface area contributed by atoms with Gasteiger partial charge < -0.3 is 10.4 Å². The van der Waals surface area contributed by atoms with Crippen LogP contribution in [-0.2, 0) is 13.6 Å². The second-order valence-corrected chi connectivity index (χ2v) is 7.30. The summed E-state index contributed by atoms with van der Waals surface area (Å²) in [5, 5.41) is 17.4. The largest absolute Gasteiger partial charge is 0.477 e. The van der Waals surface area contributed by atoms with E-state index in [1.165, 1.54) is 11.3 Å². The zero-order chi connectivity index (χ0) is 17.6. The van der Waals surface area contributed by atoms with Gasteiger partial charge in [0.1, 0.15) is 10.6 Å². The molecular formula is C18H17N3O3S. The van der Waals surface area contributed by atoms with Crippen molar-refractivity contribution in [1.82, 2.24) is 15.1 Å². The number of nitrogens with one attached hydrogen (secondary N) is 1. The number of nitrogens with zero attached hydrogens (tertiary/aromatic N) is 2. The molecule has 1 aliphatic rings. The van der Waals surface area contributed by atoms with Gasteiger partial charge in [0.2, 0.25) is 0 Å². The first-order chi connectivity index (χ1) is 12.0. The lowest BCUT2D eigenvalue weighted by molar-refractivity contribution is 0.0700. The quantitative estimate of drug-likeness (QED) is 0.736. The van der Waals surface area contributed by atoms with Gasteiger partial charge in [-0.25, -0.2) is 4.79 Å². The molecule has 0 atom stereocenters. The molecule has 1 amide bonds. The summed E-state index contributed by atoms with van der Waals surface area (Å²) in [5.74, 6) is -0.744. The number of carbonyl (C=O) groups excluding carboxylic acids is 1. The lowest BCUT2D eigenvalue weighted by atomic mass is 10.1. The fourth-order valence-corrected chi connectivity index (χ4v) is 4.12. The minimum absolute atomic E-state index is 0.166. The molecule has 1 aliphatic carbocycles. The molecule has 0 unspecified atom stereocenters. The number of benzene rings is 1. The van der Waals surface area contributed by atoms with Crippen LogP contribution in [0.2, 0.25) is 0 Å². The predicted molar refractivity (Wildman–Crippen MR) is 95.1 cm³/mol. The fraction of sp³-hybridized carbons (Fsp3) is 0.278. The van der Waals surface area contributed by atoms with Crippen molar-refractivity contribution in [2.45, 2.75) is 25.3 Å². The fourth-order valence-electron chi connectivity index (χ4n) is 3.06. The molecule has 4 rings (SSSR count). The van der Waals surface area contributed by atoms with E-state index < -0.39 is 5.97 Å². The third-order valence-electron chi connectivity index (χ3n) is 4.46. The van der Waals surface area contributed by atoms with E-state index in [-0.39, 0.29) is 17.3 Å². The number of fused-ring (bicyclic) bond motifs is 1. The van der Waals surface area contributed by atoms with Gasteiger partial charge in [-0.1, -0.05) is 18.2 Å². The van der Waals surface area contributed by atoms with Gasteiger partial charge in [0.05, 0.1) is 0 Å². The van der Waals surface area contributed by atoms with Crippen molar-refractivity contribution in [3.05, 3.63) is 52.2 Å². The molecule has 2 aromatic heterocycles. The van der Waals surface area contributed by atoms with Gasteiger partial charge in [-0.15, -0.1) is 11.3 Å². The Hall–Kier alpha value is -2.67. The average molecular weight is 355 g/mol. The van der Waals surface area contributed by atoms with Crippen LogP contribution in [0.4, 0.5) is 0 Å². The van der Waals surface area contributed by atoms with Crippen LogP contribution in [-0.4, -0.2) is 26.8 Å². The summed E-state index contributed by atoms with van der Waals surface area (Å²) in [5.41, 5.74) is 2.10. The Morgan fingerprint density at radius 3 is 2.84 bits per heavy atom. The molecule has 0 spiro atoms. The van der Waals surface area contributed by atoms with E-state index in [1.807, 2.05) is 37.4 Å². The summed E-state index contributed by atoms with van der Waals surface area (Å²) in [4.78, 5) is 24.2. The molecule has 2 heterocycles. The predicted octanol–water partition coefficient (Wildman–Crippen LogP) is 3.14. The number of amides is 1. The minimum atomic E-state index is -0.973. The van der Waals surface area contributed by atoms with Crippen molar-refractivity contribution < 1.29 is 14.7 Å². The third-order valence-corrected chi connectivity index (χ3v) is 5.66. The molecule has 0 aliphatic heterocycles. The number of carboxylic acids is 1. The molecule has 25 heavy (non-hydrogen) atoms. The zero-order valence-electron chi connectivity index (χ0n) is 13.7. The summed E-state index contributed by atoms with van der Waals surface area (Å²) in [6, 6.07) is 9.34. The van der Waals surface area contributed by atoms with Crippen LogP contribution >= 0.6 is 11.3 Å². The molecule has 6 nitrogen and oxygen atoms in total. The molecule has 128 valence electrons. The first kappa shape index (κ1) is 15.8. The summed E-state index contributed by atoms with van der Waals surface area (Å²) in [6.07, 6.45) is 2.28. The van der Waals surface area contributed by atoms with E-state index in [2.05, 4.69) is 10.4 Å². The number of aromatic carboxylic acids is 1. The summed E-state index contributed by atoms with van der Waals surface area (Å²) in [6.45, 7) is 0.166. The molecule has 3 aromatic rings. The maximum absolute atomic E-state index is 12.4. The Labute approximate surface area is 148 Å². The highest BCUT2D eigenvalue weighted by molar-refractivity contribution is 7.21. The number of thiophene rings is 1. The Morgan fingerprint density at radius 2 is 2.12 bits per heavy atom. The highest BCUT2D eigenvalue weighted by Gasteiger charge is 2.28. The minimum Gasteiger partial charge on any atom is -0.477 e. The van der Waals surface area contributed by atoms with Crippen molar-refractivity contribution in [2.24, 2.45) is 7.05 Å². The number of carbonyl (C=O) groups is 2. The topological polar surface area (TPSA) is 84.2 Å². The summed E-state index contributed by atoms with van der Waals surface area (Å²) in [7, 11) is 1.85. The molecule has 0 saturated heterocycles. The standard InChI is InChI=1S/C18H17N3O3S/c1-21-14(10-6-7-10)8-13(20-21)17(22)19-9-12-11-4-2-3-5-15(11)25-16(12)18(23)24/h2-5,8,10H,6-7,9H2,1H3,(H,19,22)(H,23,24). The first-order valence-electron chi connectivity index (χ1n) is 8.10. The number of aromatic nitrogens is 2. The van der Waals surface area contributed by atoms with E-state index >= 15 is 0 Å². The van der Waals surface area contributed by atoms with Gasteiger partial charge in [0, 0.05) is 35.5 Å². The van der Waals surface area contributed by atoms with Gasteiger partial charge in [0.25, 0.3) is 5.91 Å². The highest BCUT2D eigenvalue weighted by Crippen LogP contribution is 2.40. The highest BCUT2D eigenvalue weighted by atomic mass is 32.1. The molecule has 0 radical (unpaired) electrons. The van der Waals surface area contributed by atoms with E-state index in [1.54, 1.807) is 4.68 Å². The Kier molecular flexibility index (Phi) is 3.80. The van der Waals surface area contributed by atoms with Gasteiger partial charge in [-0.3, -0.25) is 9.48 Å². The van der Waals surface area contributed by atoms with Crippen LogP contribution in [0.1, 0.15) is 50.2 Å². The van der Waals surface area contributed by atoms with Crippen molar-refractivity contribution in [3.63, 3.8) is 0 Å². The molecule has 2 N–H and O–H groups in total. The summed E-state index contributed by atoms with van der Waals surface area (Å²) >= 11 is 1.23. The average Bonchev–Trinajstić information content (AvgIpc) is 3.25. The molecule has 7 heteroatoms. The first-order valence-corrected chi connectivity index (χ1v) is 8.92. The number of hydrogen-bond donors (Lipinski definition) is 2. The normalized spacial score (nSPS) is 14.0. The van der Waals surface area contributed by atoms with E-state index in [9.17, 15) is 14.7 Å². The lowest BCUT2D eigenvalue weighted by Crippen LogP contribution is -2.24. The number of hydrogen-bond acceptors (Lipinski definition) is 4. The maximum atomic E-state index is 12.4. The van der Waals surface area contributed by atoms with Gasteiger partial charge in [-0.2, -0.15) is 5.10 Å². The maximum Gasteiger partial charge on any atom is 0.346 e. The van der Waals surface area contributed by atoms with Crippen molar-refractivity contribution in [2.75, 3.05) is 0 Å². The van der Waals surface area contributed by atoms with Crippen molar-refractivity contribution in [1.29, 1.82) is 0 Å². The third kappa shape index (κ3) is 2.91. The van der Waals surface area contributed by atoms with E-state index in [4.69, 9.17) is 0 Å². The van der Waals surface area contributed by atoms with Crippen LogP contribution in [0.25, 0.3) is 10.1 Å². The van der Waals surface area contributed by atoms with Gasteiger partial charge in [-0.05, 0) is 30.4 Å². The lowest BCUT2D eigenvalue weighted by Gasteiger charge is -2.04.